The fourth-order valence-corrected chi connectivity index (χ4v) is 2.23. The second-order valence-electron chi connectivity index (χ2n) is 4.39. The summed E-state index contributed by atoms with van der Waals surface area (Å²) < 4.78 is 10.8. The highest BCUT2D eigenvalue weighted by molar-refractivity contribution is 5.86. The Bertz CT molecular complexity index is 576. The van der Waals surface area contributed by atoms with Gasteiger partial charge in [-0.3, -0.25) is 4.79 Å². The summed E-state index contributed by atoms with van der Waals surface area (Å²) in [6.45, 7) is 0.388. The highest BCUT2D eigenvalue weighted by atomic mass is 16.5. The van der Waals surface area contributed by atoms with E-state index in [-0.39, 0.29) is 12.3 Å². The molecule has 1 atom stereocenters. The second-order valence-corrected chi connectivity index (χ2v) is 4.39. The molecular weight excluding hydrogens is 246 g/mol. The molecule has 0 saturated heterocycles. The molecule has 0 bridgehead atoms. The number of hydrogen-bond donors (Lipinski definition) is 2. The smallest absolute Gasteiger partial charge is 0.303 e. The van der Waals surface area contributed by atoms with Crippen LogP contribution < -0.4 is 10.5 Å². The van der Waals surface area contributed by atoms with Crippen LogP contribution in [0.2, 0.25) is 0 Å². The van der Waals surface area contributed by atoms with Gasteiger partial charge in [-0.2, -0.15) is 0 Å². The fourth-order valence-electron chi connectivity index (χ4n) is 2.23. The number of ether oxygens (including phenoxy) is 1. The Labute approximate surface area is 111 Å². The van der Waals surface area contributed by atoms with Crippen molar-refractivity contribution >= 4 is 16.9 Å². The number of rotatable bonds is 6. The van der Waals surface area contributed by atoms with Crippen LogP contribution in [-0.4, -0.2) is 24.7 Å². The van der Waals surface area contributed by atoms with E-state index in [1.807, 2.05) is 18.2 Å². The van der Waals surface area contributed by atoms with Crippen LogP contribution in [-0.2, 0) is 4.79 Å². The fraction of sp³-hybridized carbons (Fsp3) is 0.357. The van der Waals surface area contributed by atoms with Gasteiger partial charge in [-0.25, -0.2) is 0 Å². The molecule has 0 aliphatic heterocycles. The lowest BCUT2D eigenvalue weighted by Crippen LogP contribution is -2.13. The normalized spacial score (nSPS) is 12.5. The minimum absolute atomic E-state index is 0.0237. The third kappa shape index (κ3) is 2.71. The summed E-state index contributed by atoms with van der Waals surface area (Å²) in [5.74, 6) is -0.175. The first kappa shape index (κ1) is 13.4. The summed E-state index contributed by atoms with van der Waals surface area (Å²) in [6.07, 6.45) is 2.24. The predicted octanol–water partition coefficient (Wildman–Crippen LogP) is 2.35. The summed E-state index contributed by atoms with van der Waals surface area (Å²) in [5.41, 5.74) is 7.36. The zero-order chi connectivity index (χ0) is 13.8. The number of carboxylic acids is 1. The average Bonchev–Trinajstić information content (AvgIpc) is 2.83. The maximum Gasteiger partial charge on any atom is 0.303 e. The molecule has 3 N–H and O–H groups in total. The van der Waals surface area contributed by atoms with Gasteiger partial charge in [0.15, 0.2) is 11.3 Å². The number of furan rings is 1. The van der Waals surface area contributed by atoms with E-state index in [1.165, 1.54) is 0 Å². The number of carboxylic acid groups (broad SMARTS) is 1. The van der Waals surface area contributed by atoms with E-state index >= 15 is 0 Å². The van der Waals surface area contributed by atoms with Crippen molar-refractivity contribution in [2.75, 3.05) is 13.7 Å². The number of nitrogens with two attached hydrogens (primary N) is 1. The summed E-state index contributed by atoms with van der Waals surface area (Å²) in [5, 5.41) is 9.70. The summed E-state index contributed by atoms with van der Waals surface area (Å²) in [7, 11) is 1.59. The lowest BCUT2D eigenvalue weighted by Gasteiger charge is -2.12. The molecule has 5 heteroatoms. The number of methoxy groups -OCH3 is 1. The zero-order valence-corrected chi connectivity index (χ0v) is 10.8. The lowest BCUT2D eigenvalue weighted by atomic mass is 9.94. The molecule has 0 fully saturated rings. The van der Waals surface area contributed by atoms with Gasteiger partial charge in [0, 0.05) is 23.3 Å². The summed E-state index contributed by atoms with van der Waals surface area (Å²) >= 11 is 0. The van der Waals surface area contributed by atoms with Crippen LogP contribution in [0.15, 0.2) is 28.9 Å². The summed E-state index contributed by atoms with van der Waals surface area (Å²) in [6, 6.07) is 5.63. The zero-order valence-electron chi connectivity index (χ0n) is 10.8. The highest BCUT2D eigenvalue weighted by Crippen LogP contribution is 2.34. The van der Waals surface area contributed by atoms with E-state index in [0.29, 0.717) is 24.3 Å². The molecule has 0 spiro atoms. The maximum atomic E-state index is 10.7. The largest absolute Gasteiger partial charge is 0.493 e. The minimum atomic E-state index is -0.816. The van der Waals surface area contributed by atoms with Crippen molar-refractivity contribution in [2.45, 2.75) is 18.8 Å². The molecule has 1 aromatic heterocycles. The average molecular weight is 263 g/mol. The van der Waals surface area contributed by atoms with Gasteiger partial charge in [0.2, 0.25) is 0 Å². The Morgan fingerprint density at radius 3 is 2.95 bits per heavy atom. The Kier molecular flexibility index (Phi) is 4.06. The van der Waals surface area contributed by atoms with E-state index in [1.54, 1.807) is 13.4 Å². The van der Waals surface area contributed by atoms with E-state index in [9.17, 15) is 4.79 Å². The first-order valence-corrected chi connectivity index (χ1v) is 6.13. The van der Waals surface area contributed by atoms with Gasteiger partial charge in [-0.05, 0) is 19.0 Å². The van der Waals surface area contributed by atoms with E-state index < -0.39 is 5.97 Å². The van der Waals surface area contributed by atoms with E-state index in [2.05, 4.69) is 0 Å². The first-order chi connectivity index (χ1) is 9.17. The van der Waals surface area contributed by atoms with Crippen LogP contribution in [0.1, 0.15) is 24.3 Å². The van der Waals surface area contributed by atoms with Crippen LogP contribution in [0.25, 0.3) is 11.0 Å². The van der Waals surface area contributed by atoms with Gasteiger partial charge in [0.05, 0.1) is 13.4 Å². The molecule has 0 aliphatic rings. The van der Waals surface area contributed by atoms with Gasteiger partial charge in [0.25, 0.3) is 0 Å². The van der Waals surface area contributed by atoms with Crippen molar-refractivity contribution in [3.8, 4) is 5.75 Å². The number of hydrogen-bond acceptors (Lipinski definition) is 4. The van der Waals surface area contributed by atoms with Crippen LogP contribution in [0.5, 0.6) is 5.75 Å². The number of fused-ring (bicyclic) bond motifs is 1. The Morgan fingerprint density at radius 1 is 1.53 bits per heavy atom. The standard InChI is InChI=1S/C14H17NO4/c1-18-12-4-2-3-10-11(8-19-14(10)12)9(7-15)5-6-13(16)17/h2-4,8-9H,5-7,15H2,1H3,(H,16,17). The molecule has 0 radical (unpaired) electrons. The molecule has 1 aromatic carbocycles. The molecule has 19 heavy (non-hydrogen) atoms. The summed E-state index contributed by atoms with van der Waals surface area (Å²) in [4.78, 5) is 10.7. The molecule has 102 valence electrons. The van der Waals surface area contributed by atoms with Gasteiger partial charge >= 0.3 is 5.97 Å². The van der Waals surface area contributed by atoms with Gasteiger partial charge in [-0.1, -0.05) is 12.1 Å². The van der Waals surface area contributed by atoms with Crippen molar-refractivity contribution in [1.29, 1.82) is 0 Å². The molecule has 0 amide bonds. The molecule has 2 rings (SSSR count). The van der Waals surface area contributed by atoms with Crippen LogP contribution in [0.3, 0.4) is 0 Å². The highest BCUT2D eigenvalue weighted by Gasteiger charge is 2.18. The molecule has 1 heterocycles. The number of carbonyl (C=O) groups is 1. The van der Waals surface area contributed by atoms with Crippen molar-refractivity contribution in [1.82, 2.24) is 0 Å². The van der Waals surface area contributed by atoms with E-state index in [4.69, 9.17) is 20.0 Å². The van der Waals surface area contributed by atoms with Crippen LogP contribution in [0.4, 0.5) is 0 Å². The lowest BCUT2D eigenvalue weighted by molar-refractivity contribution is -0.137. The number of aliphatic carboxylic acids is 1. The molecule has 1 unspecified atom stereocenters. The molecule has 5 nitrogen and oxygen atoms in total. The number of benzene rings is 1. The quantitative estimate of drug-likeness (QED) is 0.835. The van der Waals surface area contributed by atoms with Gasteiger partial charge in [-0.15, -0.1) is 0 Å². The molecule has 2 aromatic rings. The predicted molar refractivity (Wildman–Crippen MR) is 71.4 cm³/mol. The molecule has 0 saturated carbocycles. The van der Waals surface area contributed by atoms with Crippen molar-refractivity contribution < 1.29 is 19.1 Å². The van der Waals surface area contributed by atoms with Crippen LogP contribution >= 0.6 is 0 Å². The number of para-hydroxylation sites is 1. The Balaban J connectivity index is 2.35. The van der Waals surface area contributed by atoms with Crippen molar-refractivity contribution in [2.24, 2.45) is 5.73 Å². The van der Waals surface area contributed by atoms with Crippen molar-refractivity contribution in [3.05, 3.63) is 30.0 Å². The van der Waals surface area contributed by atoms with Crippen molar-refractivity contribution in [3.63, 3.8) is 0 Å². The maximum absolute atomic E-state index is 10.7. The molecular formula is C14H17NO4. The minimum Gasteiger partial charge on any atom is -0.493 e. The third-order valence-electron chi connectivity index (χ3n) is 3.24. The second kappa shape index (κ2) is 5.75. The Hall–Kier alpha value is -2.01. The monoisotopic (exact) mass is 263 g/mol. The van der Waals surface area contributed by atoms with Crippen LogP contribution in [0, 0.1) is 0 Å². The van der Waals surface area contributed by atoms with E-state index in [0.717, 1.165) is 10.9 Å². The SMILES string of the molecule is COc1cccc2c(C(CN)CCC(=O)O)coc12. The van der Waals surface area contributed by atoms with Gasteiger partial charge < -0.3 is 20.0 Å². The Morgan fingerprint density at radius 2 is 2.32 bits per heavy atom. The molecule has 0 aliphatic carbocycles. The topological polar surface area (TPSA) is 85.7 Å². The van der Waals surface area contributed by atoms with Gasteiger partial charge in [0.1, 0.15) is 0 Å². The third-order valence-corrected chi connectivity index (χ3v) is 3.24. The first-order valence-electron chi connectivity index (χ1n) is 6.13.